The van der Waals surface area contributed by atoms with Crippen molar-refractivity contribution in [1.29, 1.82) is 0 Å². The Morgan fingerprint density at radius 1 is 1.23 bits per heavy atom. The first-order valence-electron chi connectivity index (χ1n) is 6.68. The van der Waals surface area contributed by atoms with Crippen LogP contribution in [0.4, 0.5) is 14.5 Å². The largest absolute Gasteiger partial charge is 0.481 e. The molecule has 2 aromatic rings. The average Bonchev–Trinajstić information content (AvgIpc) is 2.48. The third-order valence-corrected chi connectivity index (χ3v) is 3.18. The van der Waals surface area contributed by atoms with Crippen LogP contribution in [0.5, 0.6) is 5.75 Å². The molecule has 1 N–H and O–H groups in total. The topological polar surface area (TPSA) is 38.3 Å². The smallest absolute Gasteiger partial charge is 0.265 e. The van der Waals surface area contributed by atoms with E-state index in [0.29, 0.717) is 17.2 Å². The van der Waals surface area contributed by atoms with Crippen molar-refractivity contribution in [2.75, 3.05) is 5.32 Å². The number of halogens is 3. The molecule has 0 saturated heterocycles. The van der Waals surface area contributed by atoms with Crippen LogP contribution in [-0.2, 0) is 4.79 Å². The predicted octanol–water partition coefficient (Wildman–Crippen LogP) is 4.41. The number of hydrogen-bond donors (Lipinski definition) is 1. The lowest BCUT2D eigenvalue weighted by Gasteiger charge is -2.18. The van der Waals surface area contributed by atoms with Gasteiger partial charge in [0.05, 0.1) is 0 Å². The first-order chi connectivity index (χ1) is 10.5. The number of ether oxygens (including phenoxy) is 1. The SMILES string of the molecule is CCC(Oc1cccc(Cl)c1)C(=O)Nc1c(F)cccc1F. The Morgan fingerprint density at radius 2 is 1.86 bits per heavy atom. The number of rotatable bonds is 5. The Hall–Kier alpha value is -2.14. The van der Waals surface area contributed by atoms with Gasteiger partial charge in [0, 0.05) is 5.02 Å². The molecule has 0 bridgehead atoms. The summed E-state index contributed by atoms with van der Waals surface area (Å²) in [6, 6.07) is 9.91. The highest BCUT2D eigenvalue weighted by Crippen LogP contribution is 2.21. The fourth-order valence-electron chi connectivity index (χ4n) is 1.85. The maximum Gasteiger partial charge on any atom is 0.265 e. The van der Waals surface area contributed by atoms with Crippen molar-refractivity contribution in [3.05, 3.63) is 59.1 Å². The summed E-state index contributed by atoms with van der Waals surface area (Å²) in [7, 11) is 0. The number of hydrogen-bond acceptors (Lipinski definition) is 2. The summed E-state index contributed by atoms with van der Waals surface area (Å²) in [4.78, 5) is 12.1. The van der Waals surface area contributed by atoms with Gasteiger partial charge in [0.25, 0.3) is 5.91 Å². The van der Waals surface area contributed by atoms with Crippen molar-refractivity contribution < 1.29 is 18.3 Å². The predicted molar refractivity (Wildman–Crippen MR) is 81.1 cm³/mol. The maximum absolute atomic E-state index is 13.5. The summed E-state index contributed by atoms with van der Waals surface area (Å²) in [6.45, 7) is 1.73. The van der Waals surface area contributed by atoms with E-state index in [4.69, 9.17) is 16.3 Å². The molecule has 0 aromatic heterocycles. The molecule has 0 spiro atoms. The molecule has 116 valence electrons. The monoisotopic (exact) mass is 325 g/mol. The van der Waals surface area contributed by atoms with Gasteiger partial charge in [0.1, 0.15) is 23.1 Å². The molecule has 3 nitrogen and oxygen atoms in total. The fraction of sp³-hybridized carbons (Fsp3) is 0.188. The molecule has 0 saturated carbocycles. The van der Waals surface area contributed by atoms with Crippen molar-refractivity contribution in [2.24, 2.45) is 0 Å². The van der Waals surface area contributed by atoms with E-state index < -0.39 is 29.3 Å². The van der Waals surface area contributed by atoms with Crippen LogP contribution < -0.4 is 10.1 Å². The van der Waals surface area contributed by atoms with Crippen molar-refractivity contribution in [2.45, 2.75) is 19.4 Å². The highest BCUT2D eigenvalue weighted by atomic mass is 35.5. The normalized spacial score (nSPS) is 11.8. The van der Waals surface area contributed by atoms with Crippen LogP contribution in [0, 0.1) is 11.6 Å². The van der Waals surface area contributed by atoms with E-state index in [1.165, 1.54) is 6.07 Å². The molecule has 6 heteroatoms. The number of carbonyl (C=O) groups excluding carboxylic acids is 1. The zero-order valence-corrected chi connectivity index (χ0v) is 12.5. The number of carbonyl (C=O) groups is 1. The third kappa shape index (κ3) is 3.95. The lowest BCUT2D eigenvalue weighted by atomic mass is 10.2. The van der Waals surface area contributed by atoms with Gasteiger partial charge in [-0.2, -0.15) is 0 Å². The van der Waals surface area contributed by atoms with Crippen LogP contribution in [0.15, 0.2) is 42.5 Å². The minimum atomic E-state index is -0.891. The molecule has 0 fully saturated rings. The summed E-state index contributed by atoms with van der Waals surface area (Å²) in [5.74, 6) is -1.91. The van der Waals surface area contributed by atoms with Crippen LogP contribution in [-0.4, -0.2) is 12.0 Å². The molecule has 1 unspecified atom stereocenters. The van der Waals surface area contributed by atoms with Gasteiger partial charge in [-0.1, -0.05) is 30.7 Å². The number of benzene rings is 2. The molecule has 1 amide bonds. The molecular formula is C16H14ClF2NO2. The molecule has 22 heavy (non-hydrogen) atoms. The van der Waals surface area contributed by atoms with Gasteiger partial charge in [-0.05, 0) is 36.8 Å². The van der Waals surface area contributed by atoms with Gasteiger partial charge in [0.15, 0.2) is 6.10 Å². The fourth-order valence-corrected chi connectivity index (χ4v) is 2.03. The molecule has 2 rings (SSSR count). The second-order valence-electron chi connectivity index (χ2n) is 4.56. The Balaban J connectivity index is 2.12. The van der Waals surface area contributed by atoms with Gasteiger partial charge in [0.2, 0.25) is 0 Å². The van der Waals surface area contributed by atoms with Crippen LogP contribution in [0.25, 0.3) is 0 Å². The summed E-state index contributed by atoms with van der Waals surface area (Å²) in [6.07, 6.45) is -0.563. The van der Waals surface area contributed by atoms with E-state index in [1.54, 1.807) is 31.2 Å². The van der Waals surface area contributed by atoms with Crippen LogP contribution in [0.3, 0.4) is 0 Å². The number of amides is 1. The second-order valence-corrected chi connectivity index (χ2v) is 4.99. The lowest BCUT2D eigenvalue weighted by Crippen LogP contribution is -2.33. The quantitative estimate of drug-likeness (QED) is 0.884. The highest BCUT2D eigenvalue weighted by Gasteiger charge is 2.21. The second kappa shape index (κ2) is 7.22. The maximum atomic E-state index is 13.5. The van der Waals surface area contributed by atoms with E-state index >= 15 is 0 Å². The molecule has 0 radical (unpaired) electrons. The van der Waals surface area contributed by atoms with E-state index in [-0.39, 0.29) is 0 Å². The first-order valence-corrected chi connectivity index (χ1v) is 7.06. The van der Waals surface area contributed by atoms with Gasteiger partial charge in [-0.3, -0.25) is 4.79 Å². The minimum absolute atomic E-state index is 0.328. The Labute approximate surface area is 131 Å². The van der Waals surface area contributed by atoms with E-state index in [2.05, 4.69) is 5.32 Å². The van der Waals surface area contributed by atoms with Gasteiger partial charge in [-0.15, -0.1) is 0 Å². The zero-order valence-electron chi connectivity index (χ0n) is 11.8. The molecule has 2 aromatic carbocycles. The van der Waals surface area contributed by atoms with E-state index in [9.17, 15) is 13.6 Å². The zero-order chi connectivity index (χ0) is 16.1. The third-order valence-electron chi connectivity index (χ3n) is 2.95. The number of nitrogens with one attached hydrogen (secondary N) is 1. The highest BCUT2D eigenvalue weighted by molar-refractivity contribution is 6.30. The summed E-state index contributed by atoms with van der Waals surface area (Å²) in [5.41, 5.74) is -0.486. The molecule has 0 aliphatic rings. The number of para-hydroxylation sites is 1. The average molecular weight is 326 g/mol. The van der Waals surface area contributed by atoms with Gasteiger partial charge < -0.3 is 10.1 Å². The minimum Gasteiger partial charge on any atom is -0.481 e. The Morgan fingerprint density at radius 3 is 2.45 bits per heavy atom. The Kier molecular flexibility index (Phi) is 5.33. The van der Waals surface area contributed by atoms with Gasteiger partial charge >= 0.3 is 0 Å². The Bertz CT molecular complexity index is 659. The standard InChI is InChI=1S/C16H14ClF2NO2/c1-2-14(22-11-6-3-5-10(17)9-11)16(21)20-15-12(18)7-4-8-13(15)19/h3-9,14H,2H2,1H3,(H,20,21). The molecule has 1 atom stereocenters. The summed E-state index contributed by atoms with van der Waals surface area (Å²) < 4.78 is 32.6. The number of anilines is 1. The van der Waals surface area contributed by atoms with Crippen molar-refractivity contribution >= 4 is 23.2 Å². The van der Waals surface area contributed by atoms with Crippen molar-refractivity contribution in [3.8, 4) is 5.75 Å². The van der Waals surface area contributed by atoms with Crippen LogP contribution in [0.1, 0.15) is 13.3 Å². The molecular weight excluding hydrogens is 312 g/mol. The van der Waals surface area contributed by atoms with Crippen molar-refractivity contribution in [1.82, 2.24) is 0 Å². The lowest BCUT2D eigenvalue weighted by molar-refractivity contribution is -0.122. The molecule has 0 aliphatic heterocycles. The summed E-state index contributed by atoms with van der Waals surface area (Å²) >= 11 is 5.84. The molecule has 0 aliphatic carbocycles. The molecule has 0 heterocycles. The van der Waals surface area contributed by atoms with Crippen LogP contribution >= 0.6 is 11.6 Å². The van der Waals surface area contributed by atoms with Crippen LogP contribution in [0.2, 0.25) is 5.02 Å². The van der Waals surface area contributed by atoms with E-state index in [1.807, 2.05) is 0 Å². The van der Waals surface area contributed by atoms with E-state index in [0.717, 1.165) is 12.1 Å². The van der Waals surface area contributed by atoms with Gasteiger partial charge in [-0.25, -0.2) is 8.78 Å². The summed E-state index contributed by atoms with van der Waals surface area (Å²) in [5, 5.41) is 2.68. The first kappa shape index (κ1) is 16.2. The van der Waals surface area contributed by atoms with Crippen molar-refractivity contribution in [3.63, 3.8) is 0 Å².